The van der Waals surface area contributed by atoms with Crippen LogP contribution in [0.2, 0.25) is 0 Å². The molecule has 0 fully saturated rings. The van der Waals surface area contributed by atoms with E-state index >= 15 is 0 Å². The number of amides is 2. The molecule has 0 aliphatic carbocycles. The van der Waals surface area contributed by atoms with Gasteiger partial charge < -0.3 is 5.32 Å². The number of aliphatic imine (C=N–C) groups is 2. The second-order valence-corrected chi connectivity index (χ2v) is 8.17. The van der Waals surface area contributed by atoms with Gasteiger partial charge in [-0.05, 0) is 30.7 Å². The lowest BCUT2D eigenvalue weighted by molar-refractivity contribution is -0.137. The molecule has 1 N–H and O–H groups in total. The third-order valence-corrected chi connectivity index (χ3v) is 5.89. The lowest BCUT2D eigenvalue weighted by Gasteiger charge is -2.25. The van der Waals surface area contributed by atoms with E-state index in [9.17, 15) is 22.8 Å². The molecule has 2 aliphatic heterocycles. The van der Waals surface area contributed by atoms with E-state index in [1.165, 1.54) is 23.1 Å². The molecule has 2 aromatic rings. The Bertz CT molecular complexity index is 1130. The Morgan fingerprint density at radius 1 is 1.16 bits per heavy atom. The number of halogens is 3. The minimum atomic E-state index is -4.59. The Kier molecular flexibility index (Phi) is 6.05. The molecular formula is C22H19F3N4O2S. The predicted molar refractivity (Wildman–Crippen MR) is 118 cm³/mol. The average Bonchev–Trinajstić information content (AvgIpc) is 3.09. The van der Waals surface area contributed by atoms with E-state index in [4.69, 9.17) is 0 Å². The van der Waals surface area contributed by atoms with Crippen LogP contribution in [0.1, 0.15) is 30.9 Å². The molecule has 166 valence electrons. The number of benzene rings is 2. The van der Waals surface area contributed by atoms with Crippen molar-refractivity contribution in [2.75, 3.05) is 11.1 Å². The maximum atomic E-state index is 13.2. The number of thioether (sulfide) groups is 1. The van der Waals surface area contributed by atoms with Crippen LogP contribution in [0, 0.1) is 0 Å². The standard InChI is InChI=1S/C22H19F3N4O2S/c1-2-7-17-20(31)29-19(27-17)13-8-3-5-10-15(13)28-21(29)32-12-18(30)26-16-11-6-4-9-14(16)22(23,24)25/h3-6,8-11,17H,2,7,12H2,1H3,(H,26,30)/t17-/m1/s1. The van der Waals surface area contributed by atoms with Crippen molar-refractivity contribution in [3.8, 4) is 0 Å². The highest BCUT2D eigenvalue weighted by molar-refractivity contribution is 8.14. The summed E-state index contributed by atoms with van der Waals surface area (Å²) < 4.78 is 39.5. The van der Waals surface area contributed by atoms with Crippen molar-refractivity contribution < 1.29 is 22.8 Å². The first kappa shape index (κ1) is 22.1. The Balaban J connectivity index is 1.54. The molecule has 0 unspecified atom stereocenters. The molecule has 2 heterocycles. The molecule has 6 nitrogen and oxygen atoms in total. The molecule has 0 aromatic heterocycles. The molecule has 1 atom stereocenters. The fraction of sp³-hybridized carbons (Fsp3) is 0.273. The first-order valence-corrected chi connectivity index (χ1v) is 11.0. The molecule has 0 radical (unpaired) electrons. The number of nitrogens with zero attached hydrogens (tertiary/aromatic N) is 3. The van der Waals surface area contributed by atoms with Gasteiger partial charge in [-0.15, -0.1) is 0 Å². The molecule has 0 saturated heterocycles. The molecule has 0 spiro atoms. The van der Waals surface area contributed by atoms with E-state index in [1.54, 1.807) is 6.07 Å². The summed E-state index contributed by atoms with van der Waals surface area (Å²) in [7, 11) is 0. The number of hydrogen-bond donors (Lipinski definition) is 1. The number of alkyl halides is 3. The number of amidine groups is 2. The summed E-state index contributed by atoms with van der Waals surface area (Å²) in [6.07, 6.45) is -3.22. The second-order valence-electron chi connectivity index (χ2n) is 7.22. The summed E-state index contributed by atoms with van der Waals surface area (Å²) >= 11 is 0.983. The van der Waals surface area contributed by atoms with Crippen molar-refractivity contribution >= 4 is 46.0 Å². The quantitative estimate of drug-likeness (QED) is 0.694. The van der Waals surface area contributed by atoms with Crippen LogP contribution in [0.3, 0.4) is 0 Å². The molecule has 2 aromatic carbocycles. The van der Waals surface area contributed by atoms with Crippen molar-refractivity contribution in [1.82, 2.24) is 4.90 Å². The molecular weight excluding hydrogens is 441 g/mol. The van der Waals surface area contributed by atoms with Gasteiger partial charge in [-0.2, -0.15) is 13.2 Å². The number of nitrogens with one attached hydrogen (secondary N) is 1. The smallest absolute Gasteiger partial charge is 0.325 e. The van der Waals surface area contributed by atoms with Gasteiger partial charge >= 0.3 is 6.18 Å². The lowest BCUT2D eigenvalue weighted by atomic mass is 10.1. The highest BCUT2D eigenvalue weighted by atomic mass is 32.2. The first-order valence-electron chi connectivity index (χ1n) is 9.98. The highest BCUT2D eigenvalue weighted by Crippen LogP contribution is 2.36. The van der Waals surface area contributed by atoms with E-state index < -0.39 is 23.7 Å². The van der Waals surface area contributed by atoms with E-state index in [-0.39, 0.29) is 22.5 Å². The topological polar surface area (TPSA) is 74.1 Å². The maximum Gasteiger partial charge on any atom is 0.418 e. The summed E-state index contributed by atoms with van der Waals surface area (Å²) in [5.74, 6) is -0.582. The second kappa shape index (κ2) is 8.78. The Hall–Kier alpha value is -3.14. The van der Waals surface area contributed by atoms with Crippen LogP contribution in [0.25, 0.3) is 0 Å². The zero-order chi connectivity index (χ0) is 22.9. The minimum Gasteiger partial charge on any atom is -0.325 e. The Labute approximate surface area is 186 Å². The van der Waals surface area contributed by atoms with Gasteiger partial charge in [-0.1, -0.05) is 49.4 Å². The van der Waals surface area contributed by atoms with Crippen LogP contribution in [0.15, 0.2) is 58.5 Å². The molecule has 32 heavy (non-hydrogen) atoms. The number of anilines is 1. The zero-order valence-corrected chi connectivity index (χ0v) is 17.8. The number of carbonyl (C=O) groups excluding carboxylic acids is 2. The third kappa shape index (κ3) is 4.27. The van der Waals surface area contributed by atoms with Crippen molar-refractivity contribution in [3.63, 3.8) is 0 Å². The van der Waals surface area contributed by atoms with Gasteiger partial charge in [0.1, 0.15) is 11.9 Å². The zero-order valence-electron chi connectivity index (χ0n) is 17.0. The van der Waals surface area contributed by atoms with Crippen LogP contribution in [0.4, 0.5) is 24.5 Å². The van der Waals surface area contributed by atoms with Gasteiger partial charge in [-0.3, -0.25) is 14.6 Å². The number of carbonyl (C=O) groups is 2. The van der Waals surface area contributed by atoms with E-state index in [2.05, 4.69) is 15.3 Å². The predicted octanol–water partition coefficient (Wildman–Crippen LogP) is 4.84. The van der Waals surface area contributed by atoms with Crippen LogP contribution in [0.5, 0.6) is 0 Å². The summed E-state index contributed by atoms with van der Waals surface area (Å²) in [6.45, 7) is 1.96. The third-order valence-electron chi connectivity index (χ3n) is 4.95. The van der Waals surface area contributed by atoms with Crippen molar-refractivity contribution in [2.45, 2.75) is 32.0 Å². The largest absolute Gasteiger partial charge is 0.418 e. The summed E-state index contributed by atoms with van der Waals surface area (Å²) in [6, 6.07) is 11.5. The number of rotatable bonds is 5. The number of fused-ring (bicyclic) bond motifs is 3. The summed E-state index contributed by atoms with van der Waals surface area (Å²) in [5, 5.41) is 2.59. The molecule has 2 aliphatic rings. The van der Waals surface area contributed by atoms with E-state index in [1.807, 2.05) is 25.1 Å². The van der Waals surface area contributed by atoms with Gasteiger partial charge in [0.25, 0.3) is 5.91 Å². The maximum absolute atomic E-state index is 13.2. The molecule has 2 amide bonds. The van der Waals surface area contributed by atoms with Crippen LogP contribution in [-0.4, -0.2) is 39.5 Å². The van der Waals surface area contributed by atoms with Crippen molar-refractivity contribution in [1.29, 1.82) is 0 Å². The monoisotopic (exact) mass is 460 g/mol. The average molecular weight is 460 g/mol. The van der Waals surface area contributed by atoms with Crippen LogP contribution < -0.4 is 5.32 Å². The van der Waals surface area contributed by atoms with Gasteiger partial charge in [-0.25, -0.2) is 9.89 Å². The Morgan fingerprint density at radius 3 is 2.62 bits per heavy atom. The van der Waals surface area contributed by atoms with Crippen molar-refractivity contribution in [2.24, 2.45) is 9.98 Å². The fourth-order valence-electron chi connectivity index (χ4n) is 3.52. The SMILES string of the molecule is CCC[C@H]1N=C2c3ccccc3N=C(SCC(=O)Nc3ccccc3C(F)(F)F)N2C1=O. The van der Waals surface area contributed by atoms with Gasteiger partial charge in [0.15, 0.2) is 5.17 Å². The van der Waals surface area contributed by atoms with Gasteiger partial charge in [0.2, 0.25) is 5.91 Å². The Morgan fingerprint density at radius 2 is 1.88 bits per heavy atom. The lowest BCUT2D eigenvalue weighted by Crippen LogP contribution is -2.41. The van der Waals surface area contributed by atoms with Crippen molar-refractivity contribution in [3.05, 3.63) is 59.7 Å². The highest BCUT2D eigenvalue weighted by Gasteiger charge is 2.41. The minimum absolute atomic E-state index is 0.217. The first-order chi connectivity index (χ1) is 15.3. The molecule has 0 saturated carbocycles. The summed E-state index contributed by atoms with van der Waals surface area (Å²) in [4.78, 5) is 35.9. The summed E-state index contributed by atoms with van der Waals surface area (Å²) in [5.41, 5.74) is 0.114. The van der Waals surface area contributed by atoms with E-state index in [0.29, 0.717) is 17.9 Å². The fourth-order valence-corrected chi connectivity index (χ4v) is 4.32. The van der Waals surface area contributed by atoms with E-state index in [0.717, 1.165) is 29.8 Å². The number of hydrogen-bond acceptors (Lipinski definition) is 5. The number of para-hydroxylation sites is 2. The van der Waals surface area contributed by atoms with Gasteiger partial charge in [0, 0.05) is 5.56 Å². The van der Waals surface area contributed by atoms with Crippen LogP contribution >= 0.6 is 11.8 Å². The molecule has 10 heteroatoms. The molecule has 4 rings (SSSR count). The molecule has 0 bridgehead atoms. The van der Waals surface area contributed by atoms with Crippen LogP contribution in [-0.2, 0) is 15.8 Å². The normalized spacial score (nSPS) is 17.4. The van der Waals surface area contributed by atoms with Gasteiger partial charge in [0.05, 0.1) is 22.7 Å².